The van der Waals surface area contributed by atoms with Crippen LogP contribution in [-0.2, 0) is 9.84 Å². The summed E-state index contributed by atoms with van der Waals surface area (Å²) in [6.07, 6.45) is 0.483. The number of anilines is 1. The quantitative estimate of drug-likeness (QED) is 0.835. The van der Waals surface area contributed by atoms with Crippen LogP contribution in [0.25, 0.3) is 0 Å². The van der Waals surface area contributed by atoms with Crippen molar-refractivity contribution in [1.29, 1.82) is 0 Å². The van der Waals surface area contributed by atoms with Gasteiger partial charge in [0, 0.05) is 18.7 Å². The minimum atomic E-state index is -3.02. The van der Waals surface area contributed by atoms with E-state index in [1.54, 1.807) is 25.2 Å². The zero-order valence-corrected chi connectivity index (χ0v) is 13.0. The number of sulfone groups is 1. The third-order valence-corrected chi connectivity index (χ3v) is 5.38. The molecule has 0 bridgehead atoms. The predicted molar refractivity (Wildman–Crippen MR) is 81.2 cm³/mol. The number of ether oxygens (including phenoxy) is 1. The second-order valence-electron chi connectivity index (χ2n) is 5.16. The topological polar surface area (TPSA) is 89.7 Å². The molecule has 7 heteroatoms. The fourth-order valence-electron chi connectivity index (χ4n) is 2.42. The Morgan fingerprint density at radius 2 is 2.19 bits per heavy atom. The molecule has 0 saturated carbocycles. The van der Waals surface area contributed by atoms with E-state index in [1.807, 2.05) is 6.92 Å². The standard InChI is InChI=1S/C14H20N2O4S/c1-3-20-13-5-4-10(8-12(13)15)14(17)16(2)11-6-7-21(18,19)9-11/h4-5,8,11H,3,6-7,9,15H2,1-2H3. The number of nitrogen functional groups attached to an aromatic ring is 1. The number of carbonyl (C=O) groups is 1. The number of amides is 1. The normalized spacial score (nSPS) is 20.2. The van der Waals surface area contributed by atoms with Gasteiger partial charge in [-0.1, -0.05) is 0 Å². The Bertz CT molecular complexity index is 642. The van der Waals surface area contributed by atoms with E-state index in [1.165, 1.54) is 4.90 Å². The third-order valence-electron chi connectivity index (χ3n) is 3.63. The van der Waals surface area contributed by atoms with Crippen molar-refractivity contribution in [2.75, 3.05) is 30.9 Å². The van der Waals surface area contributed by atoms with Crippen LogP contribution in [0.1, 0.15) is 23.7 Å². The monoisotopic (exact) mass is 312 g/mol. The molecular weight excluding hydrogens is 292 g/mol. The van der Waals surface area contributed by atoms with Crippen molar-refractivity contribution in [3.8, 4) is 5.75 Å². The molecule has 2 N–H and O–H groups in total. The van der Waals surface area contributed by atoms with Crippen molar-refractivity contribution >= 4 is 21.4 Å². The Labute approximate surface area is 124 Å². The maximum Gasteiger partial charge on any atom is 0.253 e. The van der Waals surface area contributed by atoms with E-state index in [4.69, 9.17) is 10.5 Å². The first-order chi connectivity index (χ1) is 9.84. The van der Waals surface area contributed by atoms with Gasteiger partial charge in [-0.05, 0) is 31.5 Å². The van der Waals surface area contributed by atoms with Crippen LogP contribution in [0.2, 0.25) is 0 Å². The van der Waals surface area contributed by atoms with E-state index < -0.39 is 9.84 Å². The molecule has 116 valence electrons. The molecular formula is C14H20N2O4S. The van der Waals surface area contributed by atoms with Crippen LogP contribution in [0.5, 0.6) is 5.75 Å². The highest BCUT2D eigenvalue weighted by atomic mass is 32.2. The molecule has 1 atom stereocenters. The van der Waals surface area contributed by atoms with E-state index >= 15 is 0 Å². The largest absolute Gasteiger partial charge is 0.492 e. The SMILES string of the molecule is CCOc1ccc(C(=O)N(C)C2CCS(=O)(=O)C2)cc1N. The lowest BCUT2D eigenvalue weighted by molar-refractivity contribution is 0.0747. The van der Waals surface area contributed by atoms with Gasteiger partial charge in [0.25, 0.3) is 5.91 Å². The first kappa shape index (κ1) is 15.6. The van der Waals surface area contributed by atoms with Crippen molar-refractivity contribution in [3.05, 3.63) is 23.8 Å². The fourth-order valence-corrected chi connectivity index (χ4v) is 4.19. The molecule has 0 radical (unpaired) electrons. The molecule has 1 amide bonds. The summed E-state index contributed by atoms with van der Waals surface area (Å²) in [5, 5.41) is 0. The van der Waals surface area contributed by atoms with Gasteiger partial charge >= 0.3 is 0 Å². The minimum Gasteiger partial charge on any atom is -0.492 e. The summed E-state index contributed by atoms with van der Waals surface area (Å²) in [5.74, 6) is 0.481. The Morgan fingerprint density at radius 1 is 1.48 bits per heavy atom. The van der Waals surface area contributed by atoms with Crippen molar-refractivity contribution < 1.29 is 17.9 Å². The zero-order chi connectivity index (χ0) is 15.6. The minimum absolute atomic E-state index is 0.0295. The molecule has 1 aromatic rings. The summed E-state index contributed by atoms with van der Waals surface area (Å²) in [6, 6.07) is 4.60. The molecule has 0 aromatic heterocycles. The Kier molecular flexibility index (Phi) is 4.41. The molecule has 1 fully saturated rings. The van der Waals surface area contributed by atoms with Gasteiger partial charge in [0.05, 0.1) is 23.8 Å². The highest BCUT2D eigenvalue weighted by Gasteiger charge is 2.33. The van der Waals surface area contributed by atoms with Crippen LogP contribution in [0, 0.1) is 0 Å². The Morgan fingerprint density at radius 3 is 2.71 bits per heavy atom. The number of hydrogen-bond acceptors (Lipinski definition) is 5. The van der Waals surface area contributed by atoms with Gasteiger partial charge in [0.15, 0.2) is 9.84 Å². The first-order valence-corrected chi connectivity index (χ1v) is 8.66. The highest BCUT2D eigenvalue weighted by Crippen LogP contribution is 2.24. The Balaban J connectivity index is 2.14. The lowest BCUT2D eigenvalue weighted by atomic mass is 10.1. The third kappa shape index (κ3) is 3.47. The van der Waals surface area contributed by atoms with Crippen LogP contribution >= 0.6 is 0 Å². The number of benzene rings is 1. The van der Waals surface area contributed by atoms with Gasteiger partial charge in [0.2, 0.25) is 0 Å². The molecule has 6 nitrogen and oxygen atoms in total. The van der Waals surface area contributed by atoms with E-state index in [-0.39, 0.29) is 23.5 Å². The lowest BCUT2D eigenvalue weighted by Crippen LogP contribution is -2.37. The average molecular weight is 312 g/mol. The molecule has 1 heterocycles. The van der Waals surface area contributed by atoms with Gasteiger partial charge < -0.3 is 15.4 Å². The van der Waals surface area contributed by atoms with Crippen LogP contribution in [0.15, 0.2) is 18.2 Å². The zero-order valence-electron chi connectivity index (χ0n) is 12.2. The van der Waals surface area contributed by atoms with Crippen molar-refractivity contribution in [3.63, 3.8) is 0 Å². The van der Waals surface area contributed by atoms with Gasteiger partial charge in [-0.2, -0.15) is 0 Å². The highest BCUT2D eigenvalue weighted by molar-refractivity contribution is 7.91. The maximum atomic E-state index is 12.4. The molecule has 2 rings (SSSR count). The van der Waals surface area contributed by atoms with Gasteiger partial charge in [-0.3, -0.25) is 4.79 Å². The second kappa shape index (κ2) is 5.93. The van der Waals surface area contributed by atoms with Crippen LogP contribution in [-0.4, -0.2) is 50.4 Å². The molecule has 0 spiro atoms. The first-order valence-electron chi connectivity index (χ1n) is 6.84. The summed E-state index contributed by atoms with van der Waals surface area (Å²) in [5.41, 5.74) is 6.68. The fraction of sp³-hybridized carbons (Fsp3) is 0.500. The summed E-state index contributed by atoms with van der Waals surface area (Å²) in [4.78, 5) is 13.9. The molecule has 0 aliphatic carbocycles. The van der Waals surface area contributed by atoms with Crippen LogP contribution < -0.4 is 10.5 Å². The van der Waals surface area contributed by atoms with E-state index in [9.17, 15) is 13.2 Å². The molecule has 21 heavy (non-hydrogen) atoms. The van der Waals surface area contributed by atoms with E-state index in [0.29, 0.717) is 30.0 Å². The van der Waals surface area contributed by atoms with Crippen LogP contribution in [0.4, 0.5) is 5.69 Å². The second-order valence-corrected chi connectivity index (χ2v) is 7.39. The smallest absolute Gasteiger partial charge is 0.253 e. The number of nitrogens with zero attached hydrogens (tertiary/aromatic N) is 1. The number of nitrogens with two attached hydrogens (primary N) is 1. The number of carbonyl (C=O) groups excluding carboxylic acids is 1. The summed E-state index contributed by atoms with van der Waals surface area (Å²) < 4.78 is 28.3. The predicted octanol–water partition coefficient (Wildman–Crippen LogP) is 0.927. The number of rotatable bonds is 4. The van der Waals surface area contributed by atoms with Crippen molar-refractivity contribution in [2.24, 2.45) is 0 Å². The summed E-state index contributed by atoms with van der Waals surface area (Å²) in [6.45, 7) is 2.35. The summed E-state index contributed by atoms with van der Waals surface area (Å²) >= 11 is 0. The van der Waals surface area contributed by atoms with Gasteiger partial charge in [-0.25, -0.2) is 8.42 Å². The molecule has 1 aromatic carbocycles. The van der Waals surface area contributed by atoms with Crippen LogP contribution in [0.3, 0.4) is 0 Å². The summed E-state index contributed by atoms with van der Waals surface area (Å²) in [7, 11) is -1.39. The lowest BCUT2D eigenvalue weighted by Gasteiger charge is -2.23. The maximum absolute atomic E-state index is 12.4. The van der Waals surface area contributed by atoms with Crippen molar-refractivity contribution in [1.82, 2.24) is 4.90 Å². The molecule has 1 unspecified atom stereocenters. The van der Waals surface area contributed by atoms with E-state index in [0.717, 1.165) is 0 Å². The van der Waals surface area contributed by atoms with E-state index in [2.05, 4.69) is 0 Å². The molecule has 1 saturated heterocycles. The molecule has 1 aliphatic heterocycles. The van der Waals surface area contributed by atoms with Crippen molar-refractivity contribution in [2.45, 2.75) is 19.4 Å². The average Bonchev–Trinajstić information content (AvgIpc) is 2.80. The number of hydrogen-bond donors (Lipinski definition) is 1. The molecule has 1 aliphatic rings. The van der Waals surface area contributed by atoms with Gasteiger partial charge in [-0.15, -0.1) is 0 Å². The Hall–Kier alpha value is -1.76. The van der Waals surface area contributed by atoms with Gasteiger partial charge in [0.1, 0.15) is 5.75 Å².